The van der Waals surface area contributed by atoms with Crippen LogP contribution in [0.4, 0.5) is 31.9 Å². The minimum Gasteiger partial charge on any atom is -0.490 e. The highest BCUT2D eigenvalue weighted by Gasteiger charge is 2.41. The van der Waals surface area contributed by atoms with E-state index in [1.54, 1.807) is 6.07 Å². The number of nitrogens with one attached hydrogen (secondary N) is 3. The van der Waals surface area contributed by atoms with Crippen LogP contribution in [0.15, 0.2) is 57.4 Å². The highest BCUT2D eigenvalue weighted by molar-refractivity contribution is 7.99. The van der Waals surface area contributed by atoms with Crippen LogP contribution in [0.1, 0.15) is 38.4 Å². The molecule has 4 aromatic rings. The average molecular weight is 703 g/mol. The number of carbonyl (C=O) groups is 1. The molecule has 0 bridgehead atoms. The number of carbonyl (C=O) groups excluding carboxylic acids is 1. The van der Waals surface area contributed by atoms with Gasteiger partial charge in [0.15, 0.2) is 32.4 Å². The Kier molecular flexibility index (Phi) is 9.59. The molecule has 0 unspecified atom stereocenters. The summed E-state index contributed by atoms with van der Waals surface area (Å²) < 4.78 is 61.8. The number of aromatic nitrogens is 4. The number of hydrogen-bond donors (Lipinski definition) is 3. The van der Waals surface area contributed by atoms with Crippen LogP contribution in [-0.2, 0) is 19.4 Å². The van der Waals surface area contributed by atoms with E-state index < -0.39 is 47.3 Å². The number of aromatic amines is 1. The van der Waals surface area contributed by atoms with Gasteiger partial charge in [0.1, 0.15) is 5.82 Å². The van der Waals surface area contributed by atoms with Crippen LogP contribution >= 0.6 is 11.8 Å². The van der Waals surface area contributed by atoms with Gasteiger partial charge in [-0.1, -0.05) is 12.1 Å². The fourth-order valence-electron chi connectivity index (χ4n) is 5.31. The van der Waals surface area contributed by atoms with Crippen molar-refractivity contribution in [2.45, 2.75) is 59.9 Å². The van der Waals surface area contributed by atoms with Gasteiger partial charge in [0, 0.05) is 49.4 Å². The number of methoxy groups -OCH3 is 1. The SMILES string of the molecule is COc1c(Nc2cc(C)[nH]n2)nc(Sc2ccc(S(=O)(=O)C(C)(C)c3cccc([N+](=O)[O-])c3F)cc2F)nc1N1CC[C@H](NC(C)=O)C1. The first kappa shape index (κ1) is 34.5. The van der Waals surface area contributed by atoms with E-state index in [-0.39, 0.29) is 27.8 Å². The van der Waals surface area contributed by atoms with Crippen molar-refractivity contribution in [3.05, 3.63) is 75.5 Å². The summed E-state index contributed by atoms with van der Waals surface area (Å²) in [4.78, 5) is 32.6. The summed E-state index contributed by atoms with van der Waals surface area (Å²) in [7, 11) is -3.01. The molecule has 2 aromatic carbocycles. The van der Waals surface area contributed by atoms with E-state index in [0.29, 0.717) is 36.9 Å². The van der Waals surface area contributed by atoms with Crippen molar-refractivity contribution in [1.29, 1.82) is 0 Å². The number of nitro groups is 1. The van der Waals surface area contributed by atoms with Crippen molar-refractivity contribution in [3.63, 3.8) is 0 Å². The van der Waals surface area contributed by atoms with Gasteiger partial charge in [0.05, 0.1) is 26.6 Å². The summed E-state index contributed by atoms with van der Waals surface area (Å²) in [5.41, 5.74) is -0.514. The maximum atomic E-state index is 15.7. The third-order valence-electron chi connectivity index (χ3n) is 7.79. The lowest BCUT2D eigenvalue weighted by molar-refractivity contribution is -0.387. The predicted molar refractivity (Wildman–Crippen MR) is 173 cm³/mol. The molecule has 14 nitrogen and oxygen atoms in total. The van der Waals surface area contributed by atoms with Gasteiger partial charge in [0.2, 0.25) is 17.5 Å². The van der Waals surface area contributed by atoms with Gasteiger partial charge >= 0.3 is 5.69 Å². The molecule has 18 heteroatoms. The lowest BCUT2D eigenvalue weighted by atomic mass is 10.0. The lowest BCUT2D eigenvalue weighted by Crippen LogP contribution is -2.35. The Morgan fingerprint density at radius 3 is 2.58 bits per heavy atom. The maximum Gasteiger partial charge on any atom is 0.305 e. The molecule has 5 rings (SSSR count). The number of hydrogen-bond acceptors (Lipinski definition) is 12. The van der Waals surface area contributed by atoms with Crippen molar-refractivity contribution in [3.8, 4) is 5.75 Å². The quantitative estimate of drug-likeness (QED) is 0.108. The molecular formula is C30H32F2N8O6S2. The second kappa shape index (κ2) is 13.3. The molecule has 48 heavy (non-hydrogen) atoms. The van der Waals surface area contributed by atoms with Gasteiger partial charge in [-0.25, -0.2) is 22.8 Å². The Bertz CT molecular complexity index is 2010. The Hall–Kier alpha value is -4.84. The fourth-order valence-corrected chi connectivity index (χ4v) is 7.61. The van der Waals surface area contributed by atoms with Crippen LogP contribution in [0.2, 0.25) is 0 Å². The van der Waals surface area contributed by atoms with Crippen LogP contribution in [0.25, 0.3) is 0 Å². The normalized spacial score (nSPS) is 15.0. The summed E-state index contributed by atoms with van der Waals surface area (Å²) in [6.07, 6.45) is 0.650. The van der Waals surface area contributed by atoms with E-state index in [2.05, 4.69) is 30.8 Å². The number of nitrogens with zero attached hydrogens (tertiary/aromatic N) is 5. The van der Waals surface area contributed by atoms with Gasteiger partial charge in [0.25, 0.3) is 0 Å². The van der Waals surface area contributed by atoms with Crippen LogP contribution in [0.3, 0.4) is 0 Å². The molecule has 3 heterocycles. The Balaban J connectivity index is 1.50. The molecule has 0 spiro atoms. The Morgan fingerprint density at radius 1 is 1.21 bits per heavy atom. The molecule has 0 saturated carbocycles. The number of amides is 1. The van der Waals surface area contributed by atoms with Crippen molar-refractivity contribution in [2.75, 3.05) is 30.4 Å². The van der Waals surface area contributed by atoms with Gasteiger partial charge in [-0.2, -0.15) is 9.49 Å². The molecule has 0 aliphatic carbocycles. The van der Waals surface area contributed by atoms with E-state index in [4.69, 9.17) is 4.74 Å². The first-order valence-electron chi connectivity index (χ1n) is 14.5. The molecule has 2 aromatic heterocycles. The summed E-state index contributed by atoms with van der Waals surface area (Å²) >= 11 is 0.831. The number of anilines is 3. The molecule has 254 valence electrons. The molecule has 1 aliphatic heterocycles. The fraction of sp³-hybridized carbons (Fsp3) is 0.333. The van der Waals surface area contributed by atoms with Crippen LogP contribution in [-0.4, -0.2) is 65.7 Å². The van der Waals surface area contributed by atoms with Crippen LogP contribution in [0, 0.1) is 28.7 Å². The first-order chi connectivity index (χ1) is 22.6. The standard InChI is InChI=1S/C30H32F2N8O6S2/c1-16-13-24(38-37-16)34-27-26(46-5)28(39-12-11-18(15-39)33-17(2)41)36-29(35-27)47-23-10-9-19(14-21(23)31)48(44,45)30(3,4)20-7-6-8-22(25(20)32)40(42)43/h6-10,13-14,18H,11-12,15H2,1-5H3,(H,33,41)(H2,34,35,36,37,38)/t18-/m0/s1. The van der Waals surface area contributed by atoms with Gasteiger partial charge in [-0.3, -0.25) is 20.0 Å². The van der Waals surface area contributed by atoms with Crippen LogP contribution in [0.5, 0.6) is 5.75 Å². The first-order valence-corrected chi connectivity index (χ1v) is 16.8. The summed E-state index contributed by atoms with van der Waals surface area (Å²) in [5, 5.41) is 24.4. The number of halogens is 2. The number of aryl methyl sites for hydroxylation is 1. The zero-order chi connectivity index (χ0) is 35.0. The Morgan fingerprint density at radius 2 is 1.96 bits per heavy atom. The van der Waals surface area contributed by atoms with Crippen molar-refractivity contribution in [1.82, 2.24) is 25.5 Å². The van der Waals surface area contributed by atoms with E-state index >= 15 is 8.78 Å². The highest BCUT2D eigenvalue weighted by Crippen LogP contribution is 2.42. The zero-order valence-corrected chi connectivity index (χ0v) is 28.1. The van der Waals surface area contributed by atoms with Crippen LogP contribution < -0.4 is 20.3 Å². The number of H-pyrrole nitrogens is 1. The predicted octanol–water partition coefficient (Wildman–Crippen LogP) is 5.02. The molecule has 3 N–H and O–H groups in total. The molecule has 1 fully saturated rings. The smallest absolute Gasteiger partial charge is 0.305 e. The summed E-state index contributed by atoms with van der Waals surface area (Å²) in [6, 6.07) is 8.11. The molecule has 1 atom stereocenters. The van der Waals surface area contributed by atoms with Gasteiger partial charge in [-0.05, 0) is 57.2 Å². The topological polar surface area (TPSA) is 185 Å². The molecule has 1 aliphatic rings. The Labute approximate surface area is 278 Å². The second-order valence-corrected chi connectivity index (χ2v) is 15.0. The molecule has 0 radical (unpaired) electrons. The number of ether oxygens (including phenoxy) is 1. The van der Waals surface area contributed by atoms with E-state index in [0.717, 1.165) is 35.7 Å². The summed E-state index contributed by atoms with van der Waals surface area (Å²) in [5.74, 6) is -1.01. The minimum absolute atomic E-state index is 0.0106. The van der Waals surface area contributed by atoms with E-state index in [9.17, 15) is 23.3 Å². The highest BCUT2D eigenvalue weighted by atomic mass is 32.2. The van der Waals surface area contributed by atoms with E-state index in [1.165, 1.54) is 46.1 Å². The number of rotatable bonds is 11. The van der Waals surface area contributed by atoms with E-state index in [1.807, 2.05) is 11.8 Å². The number of sulfone groups is 1. The molecule has 1 amide bonds. The monoisotopic (exact) mass is 702 g/mol. The van der Waals surface area contributed by atoms with Crippen molar-refractivity contribution < 1.29 is 31.7 Å². The zero-order valence-electron chi connectivity index (χ0n) is 26.5. The van der Waals surface area contributed by atoms with Crippen molar-refractivity contribution >= 4 is 50.6 Å². The molecular weight excluding hydrogens is 671 g/mol. The third kappa shape index (κ3) is 6.75. The maximum absolute atomic E-state index is 15.7. The number of benzene rings is 2. The molecule has 1 saturated heterocycles. The minimum atomic E-state index is -4.46. The number of nitro benzene ring substituents is 1. The van der Waals surface area contributed by atoms with Gasteiger partial charge in [-0.15, -0.1) is 0 Å². The van der Waals surface area contributed by atoms with Crippen molar-refractivity contribution in [2.24, 2.45) is 0 Å². The summed E-state index contributed by atoms with van der Waals surface area (Å²) in [6.45, 7) is 6.62. The van der Waals surface area contributed by atoms with Gasteiger partial charge < -0.3 is 20.3 Å². The average Bonchev–Trinajstić information content (AvgIpc) is 3.65. The third-order valence-corrected chi connectivity index (χ3v) is 11.1. The lowest BCUT2D eigenvalue weighted by Gasteiger charge is -2.26. The second-order valence-electron chi connectivity index (χ2n) is 11.5. The largest absolute Gasteiger partial charge is 0.490 e.